The fourth-order valence-electron chi connectivity index (χ4n) is 11.8. The summed E-state index contributed by atoms with van der Waals surface area (Å²) in [5, 5.41) is 0. The van der Waals surface area contributed by atoms with Crippen molar-refractivity contribution in [1.29, 1.82) is 0 Å². The van der Waals surface area contributed by atoms with Gasteiger partial charge in [-0.3, -0.25) is 0 Å². The summed E-state index contributed by atoms with van der Waals surface area (Å²) in [5.74, 6) is 0. The lowest BCUT2D eigenvalue weighted by Gasteiger charge is -2.55. The molecule has 5 aliphatic rings. The number of hydrogen-bond acceptors (Lipinski definition) is 2. The third-order valence-corrected chi connectivity index (χ3v) is 14.4. The van der Waals surface area contributed by atoms with E-state index >= 15 is 0 Å². The van der Waals surface area contributed by atoms with Gasteiger partial charge in [-0.25, -0.2) is 0 Å². The number of nitrogens with zero attached hydrogens (tertiary/aromatic N) is 2. The fourth-order valence-corrected chi connectivity index (χ4v) is 11.8. The van der Waals surface area contributed by atoms with Gasteiger partial charge in [0.25, 0.3) is 0 Å². The van der Waals surface area contributed by atoms with Crippen LogP contribution in [-0.4, -0.2) is 12.4 Å². The summed E-state index contributed by atoms with van der Waals surface area (Å²) in [4.78, 5) is 5.66. The van der Waals surface area contributed by atoms with Gasteiger partial charge < -0.3 is 9.71 Å². The van der Waals surface area contributed by atoms with Crippen LogP contribution in [0.3, 0.4) is 0 Å². The zero-order chi connectivity index (χ0) is 36.1. The Bertz CT molecular complexity index is 2470. The van der Waals surface area contributed by atoms with Gasteiger partial charge in [0, 0.05) is 33.7 Å². The van der Waals surface area contributed by atoms with E-state index in [1.807, 2.05) is 0 Å². The van der Waals surface area contributed by atoms with E-state index in [0.717, 1.165) is 0 Å². The van der Waals surface area contributed by atoms with Crippen molar-refractivity contribution in [1.82, 2.24) is 0 Å². The second kappa shape index (κ2) is 10.3. The maximum atomic E-state index is 2.87. The standard InChI is InChI=1S/C50H47BN2/c1-32-28-37-36-22-17-24-39-45(36)53(42-25-14-13-23-38(42)50(39,33-18-9-7-10-19-33)34-20-11-8-12-21-34)51-41-31-35(47(2,3)4)30-40-46(41)52(43(29-32)44(37)51)49(6)27-16-15-26-48(40,49)5/h7-14,17-25,28-31H,15-16,26-27H2,1-6H3. The highest BCUT2D eigenvalue weighted by atomic mass is 15.3. The average Bonchev–Trinajstić information content (AvgIpc) is 3.38. The van der Waals surface area contributed by atoms with Crippen molar-refractivity contribution in [2.24, 2.45) is 0 Å². The molecule has 3 heteroatoms. The van der Waals surface area contributed by atoms with Crippen LogP contribution in [0.4, 0.5) is 22.7 Å². The minimum absolute atomic E-state index is 0.00305. The molecule has 2 nitrogen and oxygen atoms in total. The zero-order valence-corrected chi connectivity index (χ0v) is 31.9. The van der Waals surface area contributed by atoms with Crippen LogP contribution in [0, 0.1) is 6.92 Å². The Morgan fingerprint density at radius 1 is 0.604 bits per heavy atom. The quantitative estimate of drug-likeness (QED) is 0.167. The number of fused-ring (bicyclic) bond motifs is 9. The lowest BCUT2D eigenvalue weighted by Crippen LogP contribution is -2.65. The summed E-state index contributed by atoms with van der Waals surface area (Å²) < 4.78 is 0. The molecule has 1 fully saturated rings. The molecule has 2 unspecified atom stereocenters. The Kier molecular flexibility index (Phi) is 6.15. The van der Waals surface area contributed by atoms with Gasteiger partial charge in [0.15, 0.2) is 0 Å². The van der Waals surface area contributed by atoms with E-state index in [9.17, 15) is 0 Å². The lowest BCUT2D eigenvalue weighted by atomic mass is 9.41. The fraction of sp³-hybridized carbons (Fsp3) is 0.280. The lowest BCUT2D eigenvalue weighted by molar-refractivity contribution is 0.195. The molecule has 1 aliphatic carbocycles. The Balaban J connectivity index is 1.32. The number of para-hydroxylation sites is 2. The van der Waals surface area contributed by atoms with Crippen molar-refractivity contribution in [3.05, 3.63) is 166 Å². The van der Waals surface area contributed by atoms with Crippen LogP contribution in [0.15, 0.2) is 127 Å². The number of benzene rings is 6. The van der Waals surface area contributed by atoms with Gasteiger partial charge in [-0.05, 0) is 99.7 Å². The highest BCUT2D eigenvalue weighted by Crippen LogP contribution is 2.64. The molecule has 4 aliphatic heterocycles. The van der Waals surface area contributed by atoms with Crippen molar-refractivity contribution in [3.63, 3.8) is 0 Å². The monoisotopic (exact) mass is 686 g/mol. The summed E-state index contributed by atoms with van der Waals surface area (Å²) in [5.41, 5.74) is 20.5. The molecular weight excluding hydrogens is 639 g/mol. The van der Waals surface area contributed by atoms with Crippen molar-refractivity contribution in [2.75, 3.05) is 9.71 Å². The Morgan fingerprint density at radius 2 is 1.26 bits per heavy atom. The summed E-state index contributed by atoms with van der Waals surface area (Å²) in [6.07, 6.45) is 5.01. The van der Waals surface area contributed by atoms with Gasteiger partial charge >= 0.3 is 6.85 Å². The van der Waals surface area contributed by atoms with Crippen LogP contribution in [-0.2, 0) is 16.2 Å². The maximum Gasteiger partial charge on any atom is 0.333 e. The minimum atomic E-state index is -0.489. The van der Waals surface area contributed by atoms with Crippen LogP contribution in [0.5, 0.6) is 0 Å². The van der Waals surface area contributed by atoms with Crippen molar-refractivity contribution >= 4 is 40.5 Å². The number of aryl methyl sites for hydroxylation is 1. The topological polar surface area (TPSA) is 6.48 Å². The highest BCUT2D eigenvalue weighted by Gasteiger charge is 2.63. The van der Waals surface area contributed by atoms with Gasteiger partial charge in [0.2, 0.25) is 0 Å². The molecule has 6 aromatic carbocycles. The third-order valence-electron chi connectivity index (χ3n) is 14.4. The van der Waals surface area contributed by atoms with E-state index in [1.165, 1.54) is 104 Å². The van der Waals surface area contributed by atoms with Crippen molar-refractivity contribution in [3.8, 4) is 11.1 Å². The first-order valence-electron chi connectivity index (χ1n) is 19.9. The molecule has 2 atom stereocenters. The first-order chi connectivity index (χ1) is 25.6. The molecule has 11 rings (SSSR count). The second-order valence-electron chi connectivity index (χ2n) is 18.1. The number of rotatable bonds is 2. The summed E-state index contributed by atoms with van der Waals surface area (Å²) in [6.45, 7) is 14.8. The minimum Gasteiger partial charge on any atom is -0.376 e. The molecule has 260 valence electrons. The number of hydrogen-bond donors (Lipinski definition) is 0. The summed E-state index contributed by atoms with van der Waals surface area (Å²) in [7, 11) is 0. The molecule has 0 bridgehead atoms. The number of anilines is 4. The van der Waals surface area contributed by atoms with E-state index in [1.54, 1.807) is 5.56 Å². The smallest absolute Gasteiger partial charge is 0.333 e. The van der Waals surface area contributed by atoms with Crippen LogP contribution < -0.4 is 20.6 Å². The van der Waals surface area contributed by atoms with Crippen LogP contribution in [0.25, 0.3) is 11.1 Å². The average molecular weight is 687 g/mol. The van der Waals surface area contributed by atoms with E-state index < -0.39 is 5.41 Å². The molecule has 0 aromatic heterocycles. The van der Waals surface area contributed by atoms with E-state index in [-0.39, 0.29) is 23.2 Å². The van der Waals surface area contributed by atoms with Gasteiger partial charge in [-0.2, -0.15) is 0 Å². The SMILES string of the molecule is Cc1cc2c3c(c1)N1c4c(cc(C(C)(C)C)cc4C4(C)CCCCC14C)B3N1c3ccccc3C(c3ccccc3)(c3ccccc3)c3cccc-2c31. The third kappa shape index (κ3) is 3.71. The molecule has 0 saturated heterocycles. The molecule has 0 spiro atoms. The molecule has 0 N–H and O–H groups in total. The zero-order valence-electron chi connectivity index (χ0n) is 31.9. The van der Waals surface area contributed by atoms with Crippen molar-refractivity contribution in [2.45, 2.75) is 89.0 Å². The van der Waals surface area contributed by atoms with Gasteiger partial charge in [-0.1, -0.05) is 156 Å². The molecule has 53 heavy (non-hydrogen) atoms. The largest absolute Gasteiger partial charge is 0.376 e. The van der Waals surface area contributed by atoms with Gasteiger partial charge in [0.05, 0.1) is 11.0 Å². The van der Waals surface area contributed by atoms with Crippen molar-refractivity contribution < 1.29 is 0 Å². The highest BCUT2D eigenvalue weighted by molar-refractivity contribution is 6.93. The molecule has 4 heterocycles. The van der Waals surface area contributed by atoms with Crippen LogP contribution in [0.1, 0.15) is 99.2 Å². The van der Waals surface area contributed by atoms with Gasteiger partial charge in [0.1, 0.15) is 0 Å². The normalized spacial score (nSPS) is 22.4. The molecule has 6 aromatic rings. The first kappa shape index (κ1) is 31.5. The second-order valence-corrected chi connectivity index (χ2v) is 18.1. The maximum absolute atomic E-state index is 2.87. The first-order valence-corrected chi connectivity index (χ1v) is 19.9. The molecule has 1 saturated carbocycles. The van der Waals surface area contributed by atoms with Gasteiger partial charge in [-0.15, -0.1) is 0 Å². The Labute approximate surface area is 315 Å². The van der Waals surface area contributed by atoms with Crippen LogP contribution >= 0.6 is 0 Å². The van der Waals surface area contributed by atoms with E-state index in [4.69, 9.17) is 0 Å². The summed E-state index contributed by atoms with van der Waals surface area (Å²) in [6, 6.07) is 49.4. The summed E-state index contributed by atoms with van der Waals surface area (Å²) >= 11 is 0. The van der Waals surface area contributed by atoms with E-state index in [2.05, 4.69) is 179 Å². The predicted molar refractivity (Wildman–Crippen MR) is 224 cm³/mol. The van der Waals surface area contributed by atoms with Crippen LogP contribution in [0.2, 0.25) is 0 Å². The molecule has 0 amide bonds. The predicted octanol–water partition coefficient (Wildman–Crippen LogP) is 11.0. The molecular formula is C50H47BN2. The Morgan fingerprint density at radius 3 is 1.98 bits per heavy atom. The van der Waals surface area contributed by atoms with E-state index in [0.29, 0.717) is 0 Å². The Hall–Kier alpha value is -5.02. The molecule has 0 radical (unpaired) electrons.